The van der Waals surface area contributed by atoms with Crippen LogP contribution >= 0.6 is 0 Å². The second-order valence-electron chi connectivity index (χ2n) is 18.2. The summed E-state index contributed by atoms with van der Waals surface area (Å²) in [6, 6.07) is 44.9. The smallest absolute Gasteiger partial charge is 0.456 e. The van der Waals surface area contributed by atoms with Crippen molar-refractivity contribution in [3.8, 4) is 0 Å². The highest BCUT2D eigenvalue weighted by Gasteiger charge is 2.57. The molecule has 0 spiro atoms. The third-order valence-corrected chi connectivity index (χ3v) is 14.1. The van der Waals surface area contributed by atoms with Crippen LogP contribution in [-0.2, 0) is 24.2 Å². The molecule has 0 bridgehead atoms. The lowest BCUT2D eigenvalue weighted by atomic mass is 9.77. The molecule has 59 heavy (non-hydrogen) atoms. The number of hydrogen-bond acceptors (Lipinski definition) is 6. The van der Waals surface area contributed by atoms with E-state index in [1.165, 1.54) is 21.5 Å². The second kappa shape index (κ2) is 11.8. The first-order valence-corrected chi connectivity index (χ1v) is 20.6. The summed E-state index contributed by atoms with van der Waals surface area (Å²) in [7, 11) is -1.28. The van der Waals surface area contributed by atoms with Crippen LogP contribution in [0.2, 0.25) is 0 Å². The van der Waals surface area contributed by atoms with Crippen LogP contribution in [0.4, 0.5) is 0 Å². The Morgan fingerprint density at radius 3 is 1.53 bits per heavy atom. The van der Waals surface area contributed by atoms with Crippen molar-refractivity contribution in [3.05, 3.63) is 133 Å². The van der Waals surface area contributed by atoms with Crippen molar-refractivity contribution in [2.75, 3.05) is 0 Å². The van der Waals surface area contributed by atoms with E-state index in [1.807, 2.05) is 0 Å². The maximum Gasteiger partial charge on any atom is 0.498 e. The number of para-hydroxylation sites is 2. The van der Waals surface area contributed by atoms with Gasteiger partial charge in [0.15, 0.2) is 0 Å². The fraction of sp³-hybridized carbons (Fsp3) is 0.216. The first-order valence-electron chi connectivity index (χ1n) is 20.6. The fourth-order valence-electron chi connectivity index (χ4n) is 9.91. The molecule has 1 unspecified atom stereocenters. The van der Waals surface area contributed by atoms with E-state index in [0.29, 0.717) is 0 Å². The van der Waals surface area contributed by atoms with E-state index in [9.17, 15) is 0 Å². The van der Waals surface area contributed by atoms with Crippen LogP contribution in [0.1, 0.15) is 54.0 Å². The average Bonchev–Trinajstić information content (AvgIpc) is 3.93. The highest BCUT2D eigenvalue weighted by molar-refractivity contribution is 6.66. The van der Waals surface area contributed by atoms with Crippen molar-refractivity contribution in [1.29, 1.82) is 0 Å². The lowest BCUT2D eigenvalue weighted by Crippen LogP contribution is -2.42. The fourth-order valence-corrected chi connectivity index (χ4v) is 9.91. The van der Waals surface area contributed by atoms with Gasteiger partial charge < -0.3 is 27.5 Å². The van der Waals surface area contributed by atoms with Gasteiger partial charge in [-0.05, 0) is 98.5 Å². The van der Waals surface area contributed by atoms with E-state index < -0.39 is 36.6 Å². The average molecular weight is 773 g/mol. The second-order valence-corrected chi connectivity index (χ2v) is 18.2. The molecule has 0 N–H and O–H groups in total. The molecule has 12 rings (SSSR count). The summed E-state index contributed by atoms with van der Waals surface area (Å²) in [5.41, 5.74) is 3.17. The first kappa shape index (κ1) is 35.3. The molecule has 1 atom stereocenters. The van der Waals surface area contributed by atoms with Crippen molar-refractivity contribution in [1.82, 2.24) is 0 Å². The summed E-state index contributed by atoms with van der Waals surface area (Å²) >= 11 is 0. The van der Waals surface area contributed by atoms with E-state index in [-0.39, 0.29) is 0 Å². The van der Waals surface area contributed by atoms with Gasteiger partial charge in [-0.25, -0.2) is 0 Å². The third kappa shape index (κ3) is 4.74. The Labute approximate surface area is 342 Å². The predicted molar refractivity (Wildman–Crippen MR) is 242 cm³/mol. The minimum Gasteiger partial charge on any atom is -0.456 e. The van der Waals surface area contributed by atoms with Crippen LogP contribution in [0.15, 0.2) is 136 Å². The minimum absolute atomic E-state index is 0.493. The van der Waals surface area contributed by atoms with Crippen LogP contribution in [-0.4, -0.2) is 31.0 Å². The van der Waals surface area contributed by atoms with Crippen molar-refractivity contribution < 1.29 is 27.5 Å². The van der Waals surface area contributed by atoms with E-state index >= 15 is 0 Å². The van der Waals surface area contributed by atoms with Gasteiger partial charge in [-0.1, -0.05) is 115 Å². The van der Waals surface area contributed by atoms with Crippen molar-refractivity contribution in [2.45, 2.75) is 70.9 Å². The zero-order valence-corrected chi connectivity index (χ0v) is 34.2. The van der Waals surface area contributed by atoms with Crippen LogP contribution in [0.3, 0.4) is 0 Å². The number of hydrogen-bond donors (Lipinski definition) is 0. The SMILES string of the molecule is CC1(C)OB(c2cccc3c2oc2cc(C4(C)OB(c5cccc6c5oc5ccc7ccc8ccccc8c7c56)OC4(C)C)c4ccc5ccccc5c4c23)OC1(C)C. The first-order chi connectivity index (χ1) is 28.3. The normalized spacial score (nSPS) is 20.3. The van der Waals surface area contributed by atoms with Gasteiger partial charge in [-0.2, -0.15) is 0 Å². The highest BCUT2D eigenvalue weighted by Crippen LogP contribution is 2.51. The predicted octanol–water partition coefficient (Wildman–Crippen LogP) is 11.8. The van der Waals surface area contributed by atoms with Crippen molar-refractivity contribution in [3.63, 3.8) is 0 Å². The molecular weight excluding hydrogens is 730 g/mol. The Bertz CT molecular complexity index is 3420. The van der Waals surface area contributed by atoms with Gasteiger partial charge >= 0.3 is 14.2 Å². The Kier molecular flexibility index (Phi) is 7.05. The maximum absolute atomic E-state index is 7.33. The molecule has 0 aliphatic carbocycles. The van der Waals surface area contributed by atoms with Crippen LogP contribution in [0.25, 0.3) is 87.0 Å². The lowest BCUT2D eigenvalue weighted by Gasteiger charge is -2.37. The van der Waals surface area contributed by atoms with Gasteiger partial charge in [-0.15, -0.1) is 0 Å². The standard InChI is InChI=1S/C51H42B2O6/c1-48(2)49(3,4)57-52(56-48)38-20-13-19-36-45-41(55-47(36)38)28-37(34-26-24-30-15-9-11-17-33(30)43(34)45)51(7)50(5,6)58-53(59-51)39-21-12-18-35-44-40(54-46(35)39)27-25-31-23-22-29-14-8-10-16-32(29)42(31)44/h8-28H,1-7H3. The Morgan fingerprint density at radius 1 is 0.373 bits per heavy atom. The van der Waals surface area contributed by atoms with E-state index in [4.69, 9.17) is 27.5 Å². The molecule has 4 heterocycles. The summed E-state index contributed by atoms with van der Waals surface area (Å²) < 4.78 is 41.3. The quantitative estimate of drug-likeness (QED) is 0.132. The Morgan fingerprint density at radius 2 is 0.864 bits per heavy atom. The van der Waals surface area contributed by atoms with E-state index in [2.05, 4.69) is 176 Å². The van der Waals surface area contributed by atoms with Crippen LogP contribution in [0.5, 0.6) is 0 Å². The molecule has 8 heteroatoms. The third-order valence-electron chi connectivity index (χ3n) is 14.1. The molecule has 0 amide bonds. The van der Waals surface area contributed by atoms with Crippen molar-refractivity contribution in [2.24, 2.45) is 0 Å². The van der Waals surface area contributed by atoms with Gasteiger partial charge in [0.25, 0.3) is 0 Å². The Hall–Kier alpha value is -5.63. The molecule has 2 aromatic heterocycles. The number of fused-ring (bicyclic) bond motifs is 14. The summed E-state index contributed by atoms with van der Waals surface area (Å²) in [5, 5.41) is 13.5. The zero-order valence-electron chi connectivity index (χ0n) is 34.2. The number of benzene rings is 8. The molecule has 2 fully saturated rings. The minimum atomic E-state index is -0.919. The number of furan rings is 2. The lowest BCUT2D eigenvalue weighted by molar-refractivity contribution is -0.0121. The van der Waals surface area contributed by atoms with Gasteiger partial charge in [0.05, 0.1) is 16.8 Å². The maximum atomic E-state index is 7.33. The molecule has 288 valence electrons. The summed E-state index contributed by atoms with van der Waals surface area (Å²) in [6.45, 7) is 14.7. The van der Waals surface area contributed by atoms with Gasteiger partial charge in [-0.3, -0.25) is 0 Å². The summed E-state index contributed by atoms with van der Waals surface area (Å²) in [5.74, 6) is 0. The molecule has 0 radical (unpaired) electrons. The summed E-state index contributed by atoms with van der Waals surface area (Å²) in [4.78, 5) is 0. The molecule has 2 aliphatic heterocycles. The van der Waals surface area contributed by atoms with E-state index in [0.717, 1.165) is 81.9 Å². The van der Waals surface area contributed by atoms with Gasteiger partial charge in [0.1, 0.15) is 27.9 Å². The molecule has 2 saturated heterocycles. The molecular formula is C51H42B2O6. The van der Waals surface area contributed by atoms with Crippen molar-refractivity contribution >= 4 is 112 Å². The summed E-state index contributed by atoms with van der Waals surface area (Å²) in [6.07, 6.45) is 0. The van der Waals surface area contributed by atoms with Gasteiger partial charge in [0.2, 0.25) is 0 Å². The molecule has 0 saturated carbocycles. The Balaban J connectivity index is 1.06. The van der Waals surface area contributed by atoms with E-state index in [1.54, 1.807) is 0 Å². The zero-order chi connectivity index (χ0) is 40.2. The monoisotopic (exact) mass is 772 g/mol. The highest BCUT2D eigenvalue weighted by atomic mass is 16.7. The molecule has 2 aliphatic rings. The van der Waals surface area contributed by atoms with Gasteiger partial charge in [0, 0.05) is 43.2 Å². The van der Waals surface area contributed by atoms with Crippen LogP contribution in [0, 0.1) is 0 Å². The van der Waals surface area contributed by atoms with Crippen LogP contribution < -0.4 is 10.9 Å². The molecule has 8 aromatic carbocycles. The number of rotatable bonds is 3. The molecule has 6 nitrogen and oxygen atoms in total. The topological polar surface area (TPSA) is 63.2 Å². The largest absolute Gasteiger partial charge is 0.498 e. The molecule has 10 aromatic rings.